The van der Waals surface area contributed by atoms with Gasteiger partial charge in [-0.15, -0.1) is 0 Å². The third kappa shape index (κ3) is 1.97. The molecule has 2 aromatic heterocycles. The maximum absolute atomic E-state index is 13.6. The highest BCUT2D eigenvalue weighted by molar-refractivity contribution is 6.15. The predicted molar refractivity (Wildman–Crippen MR) is 69.4 cm³/mol. The molecule has 0 spiro atoms. The van der Waals surface area contributed by atoms with Crippen molar-refractivity contribution in [2.45, 2.75) is 0 Å². The predicted octanol–water partition coefficient (Wildman–Crippen LogP) is 3.00. The zero-order valence-corrected chi connectivity index (χ0v) is 9.88. The first kappa shape index (κ1) is 11.5. The van der Waals surface area contributed by atoms with Gasteiger partial charge >= 0.3 is 0 Å². The molecule has 0 fully saturated rings. The molecule has 3 rings (SSSR count). The molecule has 0 aliphatic rings. The van der Waals surface area contributed by atoms with Crippen LogP contribution >= 0.6 is 0 Å². The number of halogens is 1. The summed E-state index contributed by atoms with van der Waals surface area (Å²) >= 11 is 0. The molecule has 92 valence electrons. The normalized spacial score (nSPS) is 10.6. The quantitative estimate of drug-likeness (QED) is 0.658. The Morgan fingerprint density at radius 3 is 2.63 bits per heavy atom. The summed E-state index contributed by atoms with van der Waals surface area (Å²) < 4.78 is 13.6. The van der Waals surface area contributed by atoms with Gasteiger partial charge in [-0.25, -0.2) is 4.39 Å². The molecule has 0 aliphatic heterocycles. The lowest BCUT2D eigenvalue weighted by Gasteiger charge is -2.05. The van der Waals surface area contributed by atoms with E-state index in [0.29, 0.717) is 16.5 Å². The molecule has 0 unspecified atom stereocenters. The van der Waals surface area contributed by atoms with Gasteiger partial charge in [-0.3, -0.25) is 14.8 Å². The zero-order chi connectivity index (χ0) is 13.2. The standard InChI is InChI=1S/C15H9FN2O/c16-13-9-17-7-5-12(13)15(19)11-6-8-18-14-4-2-1-3-10(11)14/h1-9H. The van der Waals surface area contributed by atoms with Gasteiger partial charge < -0.3 is 0 Å². The number of fused-ring (bicyclic) bond motifs is 1. The Labute approximate surface area is 108 Å². The SMILES string of the molecule is O=C(c1ccncc1F)c1ccnc2ccccc12. The van der Waals surface area contributed by atoms with Crippen molar-refractivity contribution in [1.82, 2.24) is 9.97 Å². The molecule has 3 nitrogen and oxygen atoms in total. The van der Waals surface area contributed by atoms with E-state index in [1.54, 1.807) is 18.3 Å². The largest absolute Gasteiger partial charge is 0.288 e. The molecule has 0 amide bonds. The Balaban J connectivity index is 2.20. The molecule has 0 saturated carbocycles. The van der Waals surface area contributed by atoms with E-state index >= 15 is 0 Å². The van der Waals surface area contributed by atoms with E-state index < -0.39 is 5.82 Å². The number of hydrogen-bond donors (Lipinski definition) is 0. The van der Waals surface area contributed by atoms with E-state index in [1.165, 1.54) is 12.3 Å². The van der Waals surface area contributed by atoms with Gasteiger partial charge in [-0.1, -0.05) is 18.2 Å². The summed E-state index contributed by atoms with van der Waals surface area (Å²) in [5, 5.41) is 0.714. The molecule has 3 aromatic rings. The average Bonchev–Trinajstić information content (AvgIpc) is 2.46. The van der Waals surface area contributed by atoms with Crippen LogP contribution in [0, 0.1) is 5.82 Å². The van der Waals surface area contributed by atoms with Gasteiger partial charge in [-0.2, -0.15) is 0 Å². The molecule has 19 heavy (non-hydrogen) atoms. The second kappa shape index (κ2) is 4.57. The number of benzene rings is 1. The minimum absolute atomic E-state index is 0.0198. The maximum Gasteiger partial charge on any atom is 0.196 e. The van der Waals surface area contributed by atoms with Crippen molar-refractivity contribution in [2.75, 3.05) is 0 Å². The van der Waals surface area contributed by atoms with Crippen LogP contribution in [-0.2, 0) is 0 Å². The fourth-order valence-corrected chi connectivity index (χ4v) is 2.00. The summed E-state index contributed by atoms with van der Waals surface area (Å²) in [6.07, 6.45) is 3.99. The number of para-hydroxylation sites is 1. The average molecular weight is 252 g/mol. The van der Waals surface area contributed by atoms with E-state index in [-0.39, 0.29) is 11.3 Å². The minimum Gasteiger partial charge on any atom is -0.288 e. The lowest BCUT2D eigenvalue weighted by Crippen LogP contribution is -2.05. The van der Waals surface area contributed by atoms with Gasteiger partial charge in [0.2, 0.25) is 0 Å². The van der Waals surface area contributed by atoms with Crippen molar-refractivity contribution in [3.8, 4) is 0 Å². The third-order valence-corrected chi connectivity index (χ3v) is 2.91. The third-order valence-electron chi connectivity index (χ3n) is 2.91. The molecule has 2 heterocycles. The molecule has 0 N–H and O–H groups in total. The van der Waals surface area contributed by atoms with Crippen LogP contribution in [0.15, 0.2) is 55.0 Å². The summed E-state index contributed by atoms with van der Waals surface area (Å²) in [4.78, 5) is 20.2. The molecule has 0 atom stereocenters. The Bertz CT molecular complexity index is 765. The van der Waals surface area contributed by atoms with Crippen LogP contribution < -0.4 is 0 Å². The van der Waals surface area contributed by atoms with Crippen LogP contribution in [0.5, 0.6) is 0 Å². The number of carbonyl (C=O) groups excluding carboxylic acids is 1. The van der Waals surface area contributed by atoms with Crippen molar-refractivity contribution in [2.24, 2.45) is 0 Å². The van der Waals surface area contributed by atoms with Gasteiger partial charge in [0.15, 0.2) is 11.6 Å². The van der Waals surface area contributed by atoms with Gasteiger partial charge in [-0.05, 0) is 18.2 Å². The Hall–Kier alpha value is -2.62. The molecule has 0 bridgehead atoms. The fourth-order valence-electron chi connectivity index (χ4n) is 2.00. The van der Waals surface area contributed by atoms with Crippen LogP contribution in [0.4, 0.5) is 4.39 Å². The summed E-state index contributed by atoms with van der Waals surface area (Å²) in [7, 11) is 0. The van der Waals surface area contributed by atoms with Crippen molar-refractivity contribution in [3.05, 3.63) is 71.9 Å². The van der Waals surface area contributed by atoms with Crippen molar-refractivity contribution in [1.29, 1.82) is 0 Å². The van der Waals surface area contributed by atoms with Gasteiger partial charge in [0.05, 0.1) is 17.3 Å². The van der Waals surface area contributed by atoms with E-state index in [2.05, 4.69) is 9.97 Å². The van der Waals surface area contributed by atoms with Crippen LogP contribution in [0.25, 0.3) is 10.9 Å². The Kier molecular flexibility index (Phi) is 2.76. The number of nitrogens with zero attached hydrogens (tertiary/aromatic N) is 2. The lowest BCUT2D eigenvalue weighted by molar-refractivity contribution is 0.103. The number of ketones is 1. The number of hydrogen-bond acceptors (Lipinski definition) is 3. The van der Waals surface area contributed by atoms with E-state index in [4.69, 9.17) is 0 Å². The number of carbonyl (C=O) groups is 1. The Morgan fingerprint density at radius 2 is 1.79 bits per heavy atom. The van der Waals surface area contributed by atoms with Gasteiger partial charge in [0.1, 0.15) is 0 Å². The smallest absolute Gasteiger partial charge is 0.196 e. The van der Waals surface area contributed by atoms with E-state index in [1.807, 2.05) is 18.2 Å². The van der Waals surface area contributed by atoms with Gasteiger partial charge in [0.25, 0.3) is 0 Å². The first-order valence-corrected chi connectivity index (χ1v) is 5.75. The highest BCUT2D eigenvalue weighted by Crippen LogP contribution is 2.20. The number of aromatic nitrogens is 2. The van der Waals surface area contributed by atoms with Crippen LogP contribution in [0.2, 0.25) is 0 Å². The number of rotatable bonds is 2. The highest BCUT2D eigenvalue weighted by Gasteiger charge is 2.16. The molecular weight excluding hydrogens is 243 g/mol. The van der Waals surface area contributed by atoms with Gasteiger partial charge in [0, 0.05) is 23.3 Å². The summed E-state index contributed by atoms with van der Waals surface area (Å²) in [6.45, 7) is 0. The first-order valence-electron chi connectivity index (χ1n) is 5.75. The van der Waals surface area contributed by atoms with Crippen LogP contribution in [0.1, 0.15) is 15.9 Å². The molecule has 1 aromatic carbocycles. The van der Waals surface area contributed by atoms with E-state index in [0.717, 1.165) is 6.20 Å². The van der Waals surface area contributed by atoms with Crippen LogP contribution in [0.3, 0.4) is 0 Å². The summed E-state index contributed by atoms with van der Waals surface area (Å²) in [5.74, 6) is -0.980. The van der Waals surface area contributed by atoms with Crippen molar-refractivity contribution in [3.63, 3.8) is 0 Å². The van der Waals surface area contributed by atoms with Crippen LogP contribution in [-0.4, -0.2) is 15.8 Å². The fraction of sp³-hybridized carbons (Fsp3) is 0. The first-order chi connectivity index (χ1) is 9.27. The summed E-state index contributed by atoms with van der Waals surface area (Å²) in [5.41, 5.74) is 1.17. The van der Waals surface area contributed by atoms with E-state index in [9.17, 15) is 9.18 Å². The van der Waals surface area contributed by atoms with Crippen molar-refractivity contribution < 1.29 is 9.18 Å². The monoisotopic (exact) mass is 252 g/mol. The Morgan fingerprint density at radius 1 is 1.00 bits per heavy atom. The topological polar surface area (TPSA) is 42.9 Å². The minimum atomic E-state index is -0.617. The molecule has 0 aliphatic carbocycles. The molecule has 0 saturated heterocycles. The molecular formula is C15H9FN2O. The molecule has 0 radical (unpaired) electrons. The van der Waals surface area contributed by atoms with Crippen molar-refractivity contribution >= 4 is 16.7 Å². The zero-order valence-electron chi connectivity index (χ0n) is 9.88. The second-order valence-electron chi connectivity index (χ2n) is 4.06. The molecule has 4 heteroatoms. The lowest BCUT2D eigenvalue weighted by atomic mass is 10.0. The highest BCUT2D eigenvalue weighted by atomic mass is 19.1. The summed E-state index contributed by atoms with van der Waals surface area (Å²) in [6, 6.07) is 10.3. The second-order valence-corrected chi connectivity index (χ2v) is 4.06. The number of pyridine rings is 2. The maximum atomic E-state index is 13.6.